The number of oxime groups is 1. The van der Waals surface area contributed by atoms with Gasteiger partial charge in [0.25, 0.3) is 0 Å². The molecule has 0 radical (unpaired) electrons. The van der Waals surface area contributed by atoms with Gasteiger partial charge in [0, 0.05) is 17.5 Å². The van der Waals surface area contributed by atoms with E-state index >= 15 is 0 Å². The Hall–Kier alpha value is -2.42. The summed E-state index contributed by atoms with van der Waals surface area (Å²) in [7, 11) is 0. The number of unbranched alkanes of at least 4 members (excludes halogenated alkanes) is 12. The molecule has 0 aliphatic heterocycles. The van der Waals surface area contributed by atoms with Gasteiger partial charge in [-0.2, -0.15) is 0 Å². The molecule has 0 aliphatic rings. The van der Waals surface area contributed by atoms with Crippen LogP contribution in [-0.2, 0) is 9.63 Å². The normalized spacial score (nSPS) is 10.7. The Morgan fingerprint density at radius 3 is 1.47 bits per heavy atom. The number of hydrogen-bond acceptors (Lipinski definition) is 3. The van der Waals surface area contributed by atoms with Crippen molar-refractivity contribution in [3.05, 3.63) is 71.8 Å². The van der Waals surface area contributed by atoms with Crippen molar-refractivity contribution < 1.29 is 9.63 Å². The molecule has 0 saturated heterocycles. The molecule has 174 valence electrons. The second-order valence-electron chi connectivity index (χ2n) is 8.63. The van der Waals surface area contributed by atoms with E-state index in [9.17, 15) is 4.79 Å². The van der Waals surface area contributed by atoms with Gasteiger partial charge < -0.3 is 4.84 Å². The lowest BCUT2D eigenvalue weighted by Crippen LogP contribution is -2.07. The van der Waals surface area contributed by atoms with E-state index in [0.29, 0.717) is 12.1 Å². The summed E-state index contributed by atoms with van der Waals surface area (Å²) in [5, 5.41) is 4.21. The summed E-state index contributed by atoms with van der Waals surface area (Å²) in [6.07, 6.45) is 17.2. The number of rotatable bonds is 17. The first-order chi connectivity index (χ1) is 15.8. The average molecular weight is 436 g/mol. The summed E-state index contributed by atoms with van der Waals surface area (Å²) in [5.74, 6) is -0.252. The maximum Gasteiger partial charge on any atom is 0.335 e. The lowest BCUT2D eigenvalue weighted by Gasteiger charge is -2.07. The zero-order chi connectivity index (χ0) is 22.7. The quantitative estimate of drug-likeness (QED) is 0.108. The van der Waals surface area contributed by atoms with Crippen LogP contribution in [0.15, 0.2) is 65.8 Å². The van der Waals surface area contributed by atoms with Gasteiger partial charge in [-0.1, -0.05) is 150 Å². The van der Waals surface area contributed by atoms with E-state index in [1.165, 1.54) is 70.6 Å². The molecule has 3 heteroatoms. The van der Waals surface area contributed by atoms with Gasteiger partial charge in [0.15, 0.2) is 0 Å². The van der Waals surface area contributed by atoms with Gasteiger partial charge in [-0.15, -0.1) is 0 Å². The molecule has 32 heavy (non-hydrogen) atoms. The monoisotopic (exact) mass is 435 g/mol. The molecule has 0 heterocycles. The van der Waals surface area contributed by atoms with Gasteiger partial charge in [-0.3, -0.25) is 0 Å². The van der Waals surface area contributed by atoms with Crippen molar-refractivity contribution in [3.63, 3.8) is 0 Å². The van der Waals surface area contributed by atoms with E-state index in [1.54, 1.807) is 0 Å². The highest BCUT2D eigenvalue weighted by Gasteiger charge is 2.09. The van der Waals surface area contributed by atoms with Gasteiger partial charge in [-0.25, -0.2) is 4.79 Å². The van der Waals surface area contributed by atoms with Crippen LogP contribution in [0.4, 0.5) is 0 Å². The van der Waals surface area contributed by atoms with Crippen LogP contribution in [0, 0.1) is 0 Å². The van der Waals surface area contributed by atoms with Gasteiger partial charge in [0.1, 0.15) is 5.71 Å². The second-order valence-corrected chi connectivity index (χ2v) is 8.63. The Balaban J connectivity index is 1.59. The highest BCUT2D eigenvalue weighted by atomic mass is 16.7. The maximum absolute atomic E-state index is 12.2. The minimum Gasteiger partial charge on any atom is -0.318 e. The number of carbonyl (C=O) groups excluding carboxylic acids is 1. The van der Waals surface area contributed by atoms with Crippen molar-refractivity contribution in [2.24, 2.45) is 5.16 Å². The van der Waals surface area contributed by atoms with Gasteiger partial charge >= 0.3 is 5.97 Å². The van der Waals surface area contributed by atoms with Crippen LogP contribution in [0.25, 0.3) is 0 Å². The van der Waals surface area contributed by atoms with E-state index in [-0.39, 0.29) is 5.97 Å². The minimum atomic E-state index is -0.252. The largest absolute Gasteiger partial charge is 0.335 e. The van der Waals surface area contributed by atoms with Crippen LogP contribution in [0.2, 0.25) is 0 Å². The fraction of sp³-hybridized carbons (Fsp3) is 0.517. The smallest absolute Gasteiger partial charge is 0.318 e. The van der Waals surface area contributed by atoms with Crippen LogP contribution < -0.4 is 0 Å². The molecule has 0 N–H and O–H groups in total. The van der Waals surface area contributed by atoms with Crippen molar-refractivity contribution in [3.8, 4) is 0 Å². The minimum absolute atomic E-state index is 0.252. The highest BCUT2D eigenvalue weighted by Crippen LogP contribution is 2.14. The van der Waals surface area contributed by atoms with Crippen LogP contribution in [0.5, 0.6) is 0 Å². The van der Waals surface area contributed by atoms with Gasteiger partial charge in [-0.05, 0) is 6.42 Å². The average Bonchev–Trinajstić information content (AvgIpc) is 2.83. The summed E-state index contributed by atoms with van der Waals surface area (Å²) in [4.78, 5) is 17.5. The Labute approximate surface area is 195 Å². The zero-order valence-electron chi connectivity index (χ0n) is 19.9. The molecule has 0 unspecified atom stereocenters. The first kappa shape index (κ1) is 25.8. The van der Waals surface area contributed by atoms with Crippen molar-refractivity contribution in [1.82, 2.24) is 0 Å². The summed E-state index contributed by atoms with van der Waals surface area (Å²) in [5.41, 5.74) is 2.56. The predicted octanol–water partition coefficient (Wildman–Crippen LogP) is 8.46. The number of carbonyl (C=O) groups is 1. The molecule has 0 saturated carbocycles. The predicted molar refractivity (Wildman–Crippen MR) is 135 cm³/mol. The SMILES string of the molecule is CCCCCCCCCCCCCCCC(=O)ON=C(c1ccccc1)c1ccccc1. The number of nitrogens with zero attached hydrogens (tertiary/aromatic N) is 1. The van der Waals surface area contributed by atoms with E-state index in [0.717, 1.165) is 24.0 Å². The number of hydrogen-bond donors (Lipinski definition) is 0. The molecule has 3 nitrogen and oxygen atoms in total. The molecule has 0 fully saturated rings. The molecule has 0 bridgehead atoms. The van der Waals surface area contributed by atoms with Gasteiger partial charge in [0.2, 0.25) is 0 Å². The van der Waals surface area contributed by atoms with Gasteiger partial charge in [0.05, 0.1) is 0 Å². The van der Waals surface area contributed by atoms with E-state index in [4.69, 9.17) is 4.84 Å². The van der Waals surface area contributed by atoms with Crippen molar-refractivity contribution in [2.45, 2.75) is 96.8 Å². The van der Waals surface area contributed by atoms with Crippen LogP contribution in [0.3, 0.4) is 0 Å². The van der Waals surface area contributed by atoms with E-state index < -0.39 is 0 Å². The first-order valence-electron chi connectivity index (χ1n) is 12.7. The Morgan fingerprint density at radius 2 is 1.03 bits per heavy atom. The summed E-state index contributed by atoms with van der Waals surface area (Å²) in [6.45, 7) is 2.27. The molecule has 0 atom stereocenters. The Kier molecular flexibility index (Phi) is 13.9. The standard InChI is InChI=1S/C29H41NO2/c1-2-3-4-5-6-7-8-9-10-11-12-13-20-25-28(31)32-30-29(26-21-16-14-17-22-26)27-23-18-15-19-24-27/h14-19,21-24H,2-13,20,25H2,1H3. The Bertz CT molecular complexity index is 714. The van der Waals surface area contributed by atoms with Crippen molar-refractivity contribution >= 4 is 11.7 Å². The van der Waals surface area contributed by atoms with Crippen LogP contribution >= 0.6 is 0 Å². The lowest BCUT2D eigenvalue weighted by atomic mass is 10.0. The van der Waals surface area contributed by atoms with Crippen LogP contribution in [0.1, 0.15) is 108 Å². The maximum atomic E-state index is 12.2. The molecule has 0 aliphatic carbocycles. The third-order valence-corrected chi connectivity index (χ3v) is 5.82. The lowest BCUT2D eigenvalue weighted by molar-refractivity contribution is -0.143. The zero-order valence-corrected chi connectivity index (χ0v) is 19.9. The Morgan fingerprint density at radius 1 is 0.625 bits per heavy atom. The fourth-order valence-electron chi connectivity index (χ4n) is 3.89. The molecule has 0 spiro atoms. The molecular formula is C29H41NO2. The third-order valence-electron chi connectivity index (χ3n) is 5.82. The van der Waals surface area contributed by atoms with Crippen LogP contribution in [-0.4, -0.2) is 11.7 Å². The van der Waals surface area contributed by atoms with Crippen molar-refractivity contribution in [2.75, 3.05) is 0 Å². The summed E-state index contributed by atoms with van der Waals surface area (Å²) >= 11 is 0. The highest BCUT2D eigenvalue weighted by molar-refractivity contribution is 6.12. The molecule has 2 aromatic rings. The molecule has 0 amide bonds. The molecular weight excluding hydrogens is 394 g/mol. The summed E-state index contributed by atoms with van der Waals surface area (Å²) < 4.78 is 0. The first-order valence-corrected chi connectivity index (χ1v) is 12.7. The van der Waals surface area contributed by atoms with Crippen molar-refractivity contribution in [1.29, 1.82) is 0 Å². The molecule has 2 rings (SSSR count). The topological polar surface area (TPSA) is 38.7 Å². The molecule has 2 aromatic carbocycles. The second kappa shape index (κ2) is 17.2. The fourth-order valence-corrected chi connectivity index (χ4v) is 3.89. The third kappa shape index (κ3) is 11.3. The van der Waals surface area contributed by atoms with E-state index in [1.807, 2.05) is 60.7 Å². The van der Waals surface area contributed by atoms with E-state index in [2.05, 4.69) is 12.1 Å². The summed E-state index contributed by atoms with van der Waals surface area (Å²) in [6, 6.07) is 19.7. The molecule has 0 aromatic heterocycles. The number of benzene rings is 2.